The fourth-order valence-electron chi connectivity index (χ4n) is 1.98. The predicted octanol–water partition coefficient (Wildman–Crippen LogP) is 1.46. The number of nitrogens with two attached hydrogens (primary N) is 1. The SMILES string of the molecule is Cn1nc(-c2cc(O)cc(F)c2)c2cnc(N)nc21. The van der Waals surface area contributed by atoms with Gasteiger partial charge in [-0.3, -0.25) is 0 Å². The van der Waals surface area contributed by atoms with E-state index < -0.39 is 5.82 Å². The van der Waals surface area contributed by atoms with Crippen LogP contribution in [0.4, 0.5) is 10.3 Å². The number of anilines is 1. The Morgan fingerprint density at radius 2 is 2.11 bits per heavy atom. The van der Waals surface area contributed by atoms with E-state index in [0.29, 0.717) is 22.3 Å². The summed E-state index contributed by atoms with van der Waals surface area (Å²) in [6.07, 6.45) is 1.53. The number of phenols is 1. The van der Waals surface area contributed by atoms with E-state index in [1.807, 2.05) is 0 Å². The van der Waals surface area contributed by atoms with E-state index in [1.165, 1.54) is 23.0 Å². The van der Waals surface area contributed by atoms with Crippen molar-refractivity contribution in [3.8, 4) is 17.0 Å². The number of nitrogen functional groups attached to an aromatic ring is 1. The molecule has 0 fully saturated rings. The van der Waals surface area contributed by atoms with E-state index in [2.05, 4.69) is 15.1 Å². The third kappa shape index (κ3) is 1.85. The van der Waals surface area contributed by atoms with Crippen LogP contribution in [-0.2, 0) is 7.05 Å². The maximum Gasteiger partial charge on any atom is 0.222 e. The highest BCUT2D eigenvalue weighted by Gasteiger charge is 2.14. The van der Waals surface area contributed by atoms with Gasteiger partial charge in [-0.1, -0.05) is 0 Å². The van der Waals surface area contributed by atoms with Crippen LogP contribution in [0.25, 0.3) is 22.3 Å². The number of hydrogen-bond acceptors (Lipinski definition) is 5. The Bertz CT molecular complexity index is 763. The highest BCUT2D eigenvalue weighted by atomic mass is 19.1. The van der Waals surface area contributed by atoms with Crippen molar-refractivity contribution in [3.05, 3.63) is 30.2 Å². The number of rotatable bonds is 1. The molecule has 0 aliphatic heterocycles. The molecular formula is C12H10FN5O. The second-order valence-corrected chi connectivity index (χ2v) is 4.14. The molecule has 7 heteroatoms. The Hall–Kier alpha value is -2.70. The van der Waals surface area contributed by atoms with Crippen molar-refractivity contribution in [3.63, 3.8) is 0 Å². The Kier molecular flexibility index (Phi) is 2.34. The Balaban J connectivity index is 2.31. The van der Waals surface area contributed by atoms with Crippen LogP contribution < -0.4 is 5.73 Å². The van der Waals surface area contributed by atoms with E-state index in [9.17, 15) is 9.50 Å². The van der Waals surface area contributed by atoms with Crippen LogP contribution in [0, 0.1) is 5.82 Å². The first kappa shape index (κ1) is 11.4. The van der Waals surface area contributed by atoms with Gasteiger partial charge in [0.25, 0.3) is 0 Å². The lowest BCUT2D eigenvalue weighted by atomic mass is 10.1. The zero-order valence-corrected chi connectivity index (χ0v) is 10.0. The molecule has 0 unspecified atom stereocenters. The minimum atomic E-state index is -0.537. The van der Waals surface area contributed by atoms with E-state index in [0.717, 1.165) is 6.07 Å². The topological polar surface area (TPSA) is 89.8 Å². The summed E-state index contributed by atoms with van der Waals surface area (Å²) in [5.41, 5.74) is 7.02. The minimum Gasteiger partial charge on any atom is -0.508 e. The third-order valence-corrected chi connectivity index (χ3v) is 2.75. The number of hydrogen-bond donors (Lipinski definition) is 2. The van der Waals surface area contributed by atoms with Crippen molar-refractivity contribution in [1.82, 2.24) is 19.7 Å². The van der Waals surface area contributed by atoms with Gasteiger partial charge < -0.3 is 10.8 Å². The fraction of sp³-hybridized carbons (Fsp3) is 0.0833. The molecule has 6 nitrogen and oxygen atoms in total. The zero-order chi connectivity index (χ0) is 13.6. The van der Waals surface area contributed by atoms with Crippen molar-refractivity contribution in [2.45, 2.75) is 0 Å². The van der Waals surface area contributed by atoms with Gasteiger partial charge in [0.15, 0.2) is 5.65 Å². The maximum atomic E-state index is 13.3. The molecule has 2 heterocycles. The Morgan fingerprint density at radius 3 is 2.84 bits per heavy atom. The molecule has 0 aliphatic rings. The lowest BCUT2D eigenvalue weighted by Crippen LogP contribution is -1.97. The molecule has 3 N–H and O–H groups in total. The summed E-state index contributed by atoms with van der Waals surface area (Å²) in [6.45, 7) is 0. The van der Waals surface area contributed by atoms with Crippen LogP contribution in [0.3, 0.4) is 0 Å². The number of nitrogens with zero attached hydrogens (tertiary/aromatic N) is 4. The van der Waals surface area contributed by atoms with Crippen LogP contribution in [0.15, 0.2) is 24.4 Å². The molecular weight excluding hydrogens is 249 g/mol. The fourth-order valence-corrected chi connectivity index (χ4v) is 1.98. The summed E-state index contributed by atoms with van der Waals surface area (Å²) >= 11 is 0. The monoisotopic (exact) mass is 259 g/mol. The average Bonchev–Trinajstić information content (AvgIpc) is 2.65. The molecule has 0 saturated carbocycles. The normalized spacial score (nSPS) is 11.1. The van der Waals surface area contributed by atoms with Gasteiger partial charge in [0, 0.05) is 24.9 Å². The predicted molar refractivity (Wildman–Crippen MR) is 67.8 cm³/mol. The zero-order valence-electron chi connectivity index (χ0n) is 10.0. The number of aromatic nitrogens is 4. The number of fused-ring (bicyclic) bond motifs is 1. The molecule has 0 atom stereocenters. The summed E-state index contributed by atoms with van der Waals surface area (Å²) in [6, 6.07) is 3.75. The number of aromatic hydroxyl groups is 1. The molecule has 0 amide bonds. The van der Waals surface area contributed by atoms with Crippen molar-refractivity contribution in [1.29, 1.82) is 0 Å². The molecule has 2 aromatic heterocycles. The van der Waals surface area contributed by atoms with Gasteiger partial charge in [0.05, 0.1) is 5.39 Å². The van der Waals surface area contributed by atoms with Crippen LogP contribution in [0.1, 0.15) is 0 Å². The summed E-state index contributed by atoms with van der Waals surface area (Å²) in [7, 11) is 1.71. The quantitative estimate of drug-likeness (QED) is 0.690. The minimum absolute atomic E-state index is 0.143. The first-order valence-electron chi connectivity index (χ1n) is 5.50. The van der Waals surface area contributed by atoms with Gasteiger partial charge in [0.1, 0.15) is 17.3 Å². The van der Waals surface area contributed by atoms with Gasteiger partial charge in [-0.15, -0.1) is 0 Å². The van der Waals surface area contributed by atoms with Crippen molar-refractivity contribution in [2.24, 2.45) is 7.05 Å². The first-order chi connectivity index (χ1) is 9.04. The molecule has 0 radical (unpaired) electrons. The van der Waals surface area contributed by atoms with E-state index in [1.54, 1.807) is 7.05 Å². The van der Waals surface area contributed by atoms with Gasteiger partial charge in [-0.05, 0) is 12.1 Å². The van der Waals surface area contributed by atoms with Gasteiger partial charge >= 0.3 is 0 Å². The Morgan fingerprint density at radius 1 is 1.32 bits per heavy atom. The summed E-state index contributed by atoms with van der Waals surface area (Å²) in [5, 5.41) is 14.4. The van der Waals surface area contributed by atoms with Crippen molar-refractivity contribution in [2.75, 3.05) is 5.73 Å². The van der Waals surface area contributed by atoms with E-state index in [-0.39, 0.29) is 11.7 Å². The van der Waals surface area contributed by atoms with Crippen LogP contribution in [0.2, 0.25) is 0 Å². The van der Waals surface area contributed by atoms with Gasteiger partial charge in [0.2, 0.25) is 5.95 Å². The van der Waals surface area contributed by atoms with E-state index in [4.69, 9.17) is 5.73 Å². The lowest BCUT2D eigenvalue weighted by Gasteiger charge is -2.00. The van der Waals surface area contributed by atoms with Crippen molar-refractivity contribution >= 4 is 17.0 Å². The van der Waals surface area contributed by atoms with Crippen LogP contribution in [0.5, 0.6) is 5.75 Å². The molecule has 0 spiro atoms. The standard InChI is InChI=1S/C12H10FN5O/c1-18-11-9(5-15-12(14)16-11)10(17-18)6-2-7(13)4-8(19)3-6/h2-5,19H,1H3,(H2,14,15,16). The highest BCUT2D eigenvalue weighted by molar-refractivity contribution is 5.91. The van der Waals surface area contributed by atoms with Gasteiger partial charge in [-0.25, -0.2) is 14.1 Å². The largest absolute Gasteiger partial charge is 0.508 e. The molecule has 19 heavy (non-hydrogen) atoms. The summed E-state index contributed by atoms with van der Waals surface area (Å²) in [5.74, 6) is -0.556. The Labute approximate surface area is 107 Å². The van der Waals surface area contributed by atoms with Gasteiger partial charge in [-0.2, -0.15) is 10.1 Å². The first-order valence-corrected chi connectivity index (χ1v) is 5.50. The molecule has 3 rings (SSSR count). The van der Waals surface area contributed by atoms with Crippen molar-refractivity contribution < 1.29 is 9.50 Å². The van der Waals surface area contributed by atoms with E-state index >= 15 is 0 Å². The third-order valence-electron chi connectivity index (χ3n) is 2.75. The molecule has 96 valence electrons. The molecule has 3 aromatic rings. The van der Waals surface area contributed by atoms with Crippen LogP contribution in [-0.4, -0.2) is 24.9 Å². The summed E-state index contributed by atoms with van der Waals surface area (Å²) in [4.78, 5) is 7.99. The number of phenolic OH excluding ortho intramolecular Hbond substituents is 1. The summed E-state index contributed by atoms with van der Waals surface area (Å²) < 4.78 is 14.9. The maximum absolute atomic E-state index is 13.3. The number of aryl methyl sites for hydroxylation is 1. The molecule has 0 aliphatic carbocycles. The smallest absolute Gasteiger partial charge is 0.222 e. The number of halogens is 1. The second-order valence-electron chi connectivity index (χ2n) is 4.14. The molecule has 1 aromatic carbocycles. The molecule has 0 bridgehead atoms. The lowest BCUT2D eigenvalue weighted by molar-refractivity contribution is 0.469. The van der Waals surface area contributed by atoms with Crippen LogP contribution >= 0.6 is 0 Å². The second kappa shape index (κ2) is 3.91. The average molecular weight is 259 g/mol. The number of benzene rings is 1. The highest BCUT2D eigenvalue weighted by Crippen LogP contribution is 2.29. The molecule has 0 saturated heterocycles.